The van der Waals surface area contributed by atoms with Gasteiger partial charge in [0.05, 0.1) is 23.6 Å². The van der Waals surface area contributed by atoms with Crippen molar-refractivity contribution in [2.75, 3.05) is 11.5 Å². The van der Waals surface area contributed by atoms with Crippen LogP contribution in [-0.2, 0) is 21.2 Å². The molecule has 1 fully saturated rings. The van der Waals surface area contributed by atoms with Crippen molar-refractivity contribution in [3.63, 3.8) is 0 Å². The topological polar surface area (TPSA) is 84.8 Å². The number of hydrogen-bond acceptors (Lipinski definition) is 5. The van der Waals surface area contributed by atoms with Crippen LogP contribution in [0.1, 0.15) is 17.5 Å². The van der Waals surface area contributed by atoms with E-state index >= 15 is 0 Å². The number of halogens is 1. The van der Waals surface area contributed by atoms with E-state index in [0.717, 1.165) is 11.1 Å². The van der Waals surface area contributed by atoms with Crippen LogP contribution in [0.5, 0.6) is 5.75 Å². The van der Waals surface area contributed by atoms with Crippen LogP contribution in [0.4, 0.5) is 0 Å². The average molecular weight is 407 g/mol. The smallest absolute Gasteiger partial charge is 0.244 e. The van der Waals surface area contributed by atoms with Gasteiger partial charge in [0.15, 0.2) is 9.84 Å². The lowest BCUT2D eigenvalue weighted by Gasteiger charge is -2.08. The van der Waals surface area contributed by atoms with E-state index in [2.05, 4.69) is 10.5 Å². The number of benzene rings is 2. The van der Waals surface area contributed by atoms with Gasteiger partial charge in [0.25, 0.3) is 0 Å². The van der Waals surface area contributed by atoms with Crippen LogP contribution in [0.15, 0.2) is 53.6 Å². The van der Waals surface area contributed by atoms with E-state index in [1.807, 2.05) is 42.5 Å². The molecule has 0 bridgehead atoms. The summed E-state index contributed by atoms with van der Waals surface area (Å²) in [6, 6.07) is 14.7. The summed E-state index contributed by atoms with van der Waals surface area (Å²) in [6.07, 6.45) is 1.83. The molecule has 142 valence electrons. The van der Waals surface area contributed by atoms with Gasteiger partial charge in [-0.3, -0.25) is 4.79 Å². The molecule has 2 aromatic carbocycles. The summed E-state index contributed by atoms with van der Waals surface area (Å²) in [6.45, 7) is 0.340. The predicted molar refractivity (Wildman–Crippen MR) is 105 cm³/mol. The Morgan fingerprint density at radius 3 is 2.81 bits per heavy atom. The van der Waals surface area contributed by atoms with Gasteiger partial charge in [-0.2, -0.15) is 5.10 Å². The summed E-state index contributed by atoms with van der Waals surface area (Å²) in [7, 11) is -3.09. The molecule has 0 radical (unpaired) electrons. The molecule has 8 heteroatoms. The van der Waals surface area contributed by atoms with E-state index in [4.69, 9.17) is 16.3 Å². The van der Waals surface area contributed by atoms with Crippen molar-refractivity contribution in [1.82, 2.24) is 5.43 Å². The zero-order valence-electron chi connectivity index (χ0n) is 14.5. The average Bonchev–Trinajstić information content (AvgIpc) is 3.01. The van der Waals surface area contributed by atoms with Gasteiger partial charge in [0.2, 0.25) is 5.91 Å². The van der Waals surface area contributed by atoms with Gasteiger partial charge >= 0.3 is 0 Å². The van der Waals surface area contributed by atoms with Crippen LogP contribution in [0.2, 0.25) is 5.02 Å². The Hall–Kier alpha value is -2.38. The number of hydrogen-bond donors (Lipinski definition) is 1. The Morgan fingerprint density at radius 1 is 1.26 bits per heavy atom. The molecule has 0 unspecified atom stereocenters. The van der Waals surface area contributed by atoms with Gasteiger partial charge in [-0.25, -0.2) is 13.8 Å². The molecule has 27 heavy (non-hydrogen) atoms. The van der Waals surface area contributed by atoms with Crippen LogP contribution in [0.3, 0.4) is 0 Å². The Bertz CT molecular complexity index is 960. The molecule has 3 rings (SSSR count). The van der Waals surface area contributed by atoms with Crippen molar-refractivity contribution in [3.8, 4) is 5.75 Å². The van der Waals surface area contributed by atoms with Gasteiger partial charge < -0.3 is 4.74 Å². The minimum Gasteiger partial charge on any atom is -0.489 e. The van der Waals surface area contributed by atoms with Crippen LogP contribution in [-0.4, -0.2) is 32.0 Å². The summed E-state index contributed by atoms with van der Waals surface area (Å²) < 4.78 is 28.6. The first-order chi connectivity index (χ1) is 12.9. The second kappa shape index (κ2) is 8.54. The maximum absolute atomic E-state index is 12.0. The third-order valence-electron chi connectivity index (χ3n) is 4.20. The molecule has 0 aliphatic carbocycles. The van der Waals surface area contributed by atoms with E-state index in [0.29, 0.717) is 23.8 Å². The highest BCUT2D eigenvalue weighted by Crippen LogP contribution is 2.20. The molecule has 1 aliphatic rings. The van der Waals surface area contributed by atoms with E-state index in [-0.39, 0.29) is 17.4 Å². The summed E-state index contributed by atoms with van der Waals surface area (Å²) in [5.41, 5.74) is 4.03. The molecule has 0 saturated carbocycles. The molecule has 1 atom stereocenters. The van der Waals surface area contributed by atoms with E-state index in [1.54, 1.807) is 6.07 Å². The number of sulfone groups is 1. The number of nitrogens with one attached hydrogen (secondary N) is 1. The highest BCUT2D eigenvalue weighted by atomic mass is 35.5. The van der Waals surface area contributed by atoms with Crippen LogP contribution < -0.4 is 10.2 Å². The van der Waals surface area contributed by atoms with E-state index in [9.17, 15) is 13.2 Å². The van der Waals surface area contributed by atoms with E-state index < -0.39 is 15.8 Å². The van der Waals surface area contributed by atoms with Crippen LogP contribution in [0.25, 0.3) is 0 Å². The monoisotopic (exact) mass is 406 g/mol. The Kier molecular flexibility index (Phi) is 6.13. The lowest BCUT2D eigenvalue weighted by Crippen LogP contribution is -2.27. The number of amides is 1. The summed E-state index contributed by atoms with van der Waals surface area (Å²) >= 11 is 6.11. The first kappa shape index (κ1) is 19.4. The standard InChI is InChI=1S/C19H19ClN2O4S/c20-18-7-2-1-5-15(18)12-26-17-6-3-4-14(10-17)11-21-22-19(23)16-8-9-27(24,25)13-16/h1-7,10-11,16H,8-9,12-13H2,(H,22,23)/b21-11-/t16-/m0/s1. The Labute approximate surface area is 163 Å². The van der Waals surface area contributed by atoms with E-state index in [1.165, 1.54) is 6.21 Å². The largest absolute Gasteiger partial charge is 0.489 e. The Balaban J connectivity index is 1.55. The van der Waals surface area contributed by atoms with Crippen molar-refractivity contribution >= 4 is 33.6 Å². The number of ether oxygens (including phenoxy) is 1. The maximum atomic E-state index is 12.0. The lowest BCUT2D eigenvalue weighted by molar-refractivity contribution is -0.124. The summed E-state index contributed by atoms with van der Waals surface area (Å²) in [5.74, 6) is -0.317. The second-order valence-corrected chi connectivity index (χ2v) is 8.92. The van der Waals surface area contributed by atoms with Gasteiger partial charge in [0.1, 0.15) is 12.4 Å². The molecule has 1 aliphatic heterocycles. The van der Waals surface area contributed by atoms with Crippen molar-refractivity contribution in [2.45, 2.75) is 13.0 Å². The first-order valence-electron chi connectivity index (χ1n) is 8.42. The fourth-order valence-electron chi connectivity index (χ4n) is 2.72. The molecule has 0 aromatic heterocycles. The molecule has 0 spiro atoms. The summed E-state index contributed by atoms with van der Waals surface area (Å²) in [5, 5.41) is 4.56. The second-order valence-electron chi connectivity index (χ2n) is 6.29. The predicted octanol–water partition coefficient (Wildman–Crippen LogP) is 2.80. The number of rotatable bonds is 6. The number of nitrogens with zero attached hydrogens (tertiary/aromatic N) is 1. The quantitative estimate of drug-likeness (QED) is 0.590. The zero-order chi connectivity index (χ0) is 19.3. The van der Waals surface area contributed by atoms with Gasteiger partial charge in [-0.1, -0.05) is 41.9 Å². The molecular formula is C19H19ClN2O4S. The van der Waals surface area contributed by atoms with Crippen molar-refractivity contribution in [2.24, 2.45) is 11.0 Å². The number of hydrazone groups is 1. The molecule has 1 amide bonds. The molecule has 2 aromatic rings. The van der Waals surface area contributed by atoms with Gasteiger partial charge in [0, 0.05) is 10.6 Å². The normalized spacial score (nSPS) is 18.5. The van der Waals surface area contributed by atoms with Crippen molar-refractivity contribution < 1.29 is 17.9 Å². The molecule has 1 heterocycles. The number of carbonyl (C=O) groups excluding carboxylic acids is 1. The summed E-state index contributed by atoms with van der Waals surface area (Å²) in [4.78, 5) is 12.0. The molecule has 1 N–H and O–H groups in total. The molecular weight excluding hydrogens is 388 g/mol. The molecule has 6 nitrogen and oxygen atoms in total. The van der Waals surface area contributed by atoms with Crippen molar-refractivity contribution in [3.05, 3.63) is 64.7 Å². The van der Waals surface area contributed by atoms with Gasteiger partial charge in [-0.15, -0.1) is 0 Å². The minimum absolute atomic E-state index is 0.0552. The first-order valence-corrected chi connectivity index (χ1v) is 10.6. The third-order valence-corrected chi connectivity index (χ3v) is 6.34. The van der Waals surface area contributed by atoms with Crippen LogP contribution >= 0.6 is 11.6 Å². The minimum atomic E-state index is -3.09. The molecule has 1 saturated heterocycles. The zero-order valence-corrected chi connectivity index (χ0v) is 16.0. The fourth-order valence-corrected chi connectivity index (χ4v) is 4.66. The number of carbonyl (C=O) groups is 1. The third kappa shape index (κ3) is 5.55. The van der Waals surface area contributed by atoms with Crippen molar-refractivity contribution in [1.29, 1.82) is 0 Å². The Morgan fingerprint density at radius 2 is 2.07 bits per heavy atom. The highest BCUT2D eigenvalue weighted by Gasteiger charge is 2.32. The van der Waals surface area contributed by atoms with Gasteiger partial charge in [-0.05, 0) is 30.2 Å². The SMILES string of the molecule is O=C(N/N=C\c1cccc(OCc2ccccc2Cl)c1)[C@H]1CCS(=O)(=O)C1. The maximum Gasteiger partial charge on any atom is 0.244 e. The van der Waals surface area contributed by atoms with Crippen LogP contribution in [0, 0.1) is 5.92 Å². The fraction of sp³-hybridized carbons (Fsp3) is 0.263. The highest BCUT2D eigenvalue weighted by molar-refractivity contribution is 7.91. The lowest BCUT2D eigenvalue weighted by atomic mass is 10.1.